The predicted octanol–water partition coefficient (Wildman–Crippen LogP) is 4.12. The number of likely N-dealkylation sites (tertiary alicyclic amines) is 1. The Kier molecular flexibility index (Phi) is 6.22. The van der Waals surface area contributed by atoms with Crippen LogP contribution in [-0.2, 0) is 0 Å². The number of H-pyrrole nitrogens is 1. The van der Waals surface area contributed by atoms with E-state index in [9.17, 15) is 4.79 Å². The lowest BCUT2D eigenvalue weighted by Gasteiger charge is -2.28. The van der Waals surface area contributed by atoms with Gasteiger partial charge in [-0.05, 0) is 63.2 Å². The van der Waals surface area contributed by atoms with E-state index in [4.69, 9.17) is 4.74 Å². The zero-order chi connectivity index (χ0) is 16.8. The van der Waals surface area contributed by atoms with Crippen molar-refractivity contribution in [2.45, 2.75) is 33.6 Å². The largest absolute Gasteiger partial charge is 0.493 e. The van der Waals surface area contributed by atoms with Crippen LogP contribution in [0.25, 0.3) is 10.9 Å². The fraction of sp³-hybridized carbons (Fsp3) is 0.526. The van der Waals surface area contributed by atoms with Gasteiger partial charge in [0.15, 0.2) is 5.78 Å². The van der Waals surface area contributed by atoms with Gasteiger partial charge in [-0.3, -0.25) is 4.79 Å². The maximum absolute atomic E-state index is 11.4. The standard InChI is InChI=1S/C17H22N2O2.C2H6/c1-12(20)17-10-14-9-15(3-4-16(14)18-17)21-11-13-5-7-19(2)8-6-13;1-2/h3-4,9-10,13,18H,5-8,11H2,1-2H3;1-2H3. The van der Waals surface area contributed by atoms with Gasteiger partial charge < -0.3 is 14.6 Å². The van der Waals surface area contributed by atoms with Gasteiger partial charge in [0, 0.05) is 17.8 Å². The van der Waals surface area contributed by atoms with Crippen LogP contribution < -0.4 is 4.74 Å². The Labute approximate surface area is 138 Å². The average molecular weight is 316 g/mol. The number of carbonyl (C=O) groups excluding carboxylic acids is 1. The molecule has 0 unspecified atom stereocenters. The number of fused-ring (bicyclic) bond motifs is 1. The van der Waals surface area contributed by atoms with Gasteiger partial charge in [0.2, 0.25) is 0 Å². The summed E-state index contributed by atoms with van der Waals surface area (Å²) in [6.07, 6.45) is 2.41. The van der Waals surface area contributed by atoms with Crippen molar-refractivity contribution < 1.29 is 9.53 Å². The van der Waals surface area contributed by atoms with Crippen molar-refractivity contribution in [1.29, 1.82) is 0 Å². The number of nitrogens with zero attached hydrogens (tertiary/aromatic N) is 1. The van der Waals surface area contributed by atoms with Gasteiger partial charge in [-0.25, -0.2) is 0 Å². The van der Waals surface area contributed by atoms with E-state index in [2.05, 4.69) is 16.9 Å². The van der Waals surface area contributed by atoms with Crippen molar-refractivity contribution in [2.75, 3.05) is 26.7 Å². The van der Waals surface area contributed by atoms with Crippen LogP contribution in [0.15, 0.2) is 24.3 Å². The normalized spacial score (nSPS) is 16.0. The van der Waals surface area contributed by atoms with Crippen molar-refractivity contribution in [1.82, 2.24) is 9.88 Å². The lowest BCUT2D eigenvalue weighted by Crippen LogP contribution is -2.32. The van der Waals surface area contributed by atoms with Crippen LogP contribution in [0.5, 0.6) is 5.75 Å². The summed E-state index contributed by atoms with van der Waals surface area (Å²) in [6.45, 7) is 8.67. The third kappa shape index (κ3) is 4.58. The minimum Gasteiger partial charge on any atom is -0.493 e. The van der Waals surface area contributed by atoms with Crippen LogP contribution in [0.2, 0.25) is 0 Å². The summed E-state index contributed by atoms with van der Waals surface area (Å²) in [5.74, 6) is 1.59. The second-order valence-electron chi connectivity index (χ2n) is 6.05. The Morgan fingerprint density at radius 1 is 1.26 bits per heavy atom. The van der Waals surface area contributed by atoms with Crippen LogP contribution in [0.4, 0.5) is 0 Å². The maximum atomic E-state index is 11.4. The van der Waals surface area contributed by atoms with Gasteiger partial charge in [0.1, 0.15) is 5.75 Å². The third-order valence-electron chi connectivity index (χ3n) is 4.30. The van der Waals surface area contributed by atoms with Crippen LogP contribution in [0, 0.1) is 5.92 Å². The Bertz CT molecular complexity index is 640. The number of Topliss-reactive ketones (excluding diaryl/α,β-unsaturated/α-hetero) is 1. The fourth-order valence-corrected chi connectivity index (χ4v) is 2.83. The number of hydrogen-bond donors (Lipinski definition) is 1. The van der Waals surface area contributed by atoms with Gasteiger partial charge >= 0.3 is 0 Å². The van der Waals surface area contributed by atoms with Crippen LogP contribution in [0.3, 0.4) is 0 Å². The molecule has 0 spiro atoms. The summed E-state index contributed by atoms with van der Waals surface area (Å²) in [5, 5.41) is 1.03. The molecule has 1 fully saturated rings. The maximum Gasteiger partial charge on any atom is 0.175 e. The highest BCUT2D eigenvalue weighted by molar-refractivity contribution is 5.98. The average Bonchev–Trinajstić information content (AvgIpc) is 3.00. The summed E-state index contributed by atoms with van der Waals surface area (Å²) in [7, 11) is 2.17. The Balaban J connectivity index is 0.000000924. The van der Waals surface area contributed by atoms with E-state index < -0.39 is 0 Å². The molecule has 4 heteroatoms. The first-order valence-corrected chi connectivity index (χ1v) is 8.57. The Morgan fingerprint density at radius 2 is 1.96 bits per heavy atom. The molecule has 0 saturated carbocycles. The van der Waals surface area contributed by atoms with E-state index >= 15 is 0 Å². The second-order valence-corrected chi connectivity index (χ2v) is 6.05. The number of carbonyl (C=O) groups is 1. The first-order valence-electron chi connectivity index (χ1n) is 8.57. The minimum absolute atomic E-state index is 0.0555. The molecular weight excluding hydrogens is 288 g/mol. The van der Waals surface area contributed by atoms with Crippen LogP contribution >= 0.6 is 0 Å². The highest BCUT2D eigenvalue weighted by Gasteiger charge is 2.17. The van der Waals surface area contributed by atoms with Crippen molar-refractivity contribution in [3.63, 3.8) is 0 Å². The number of ketones is 1. The summed E-state index contributed by atoms with van der Waals surface area (Å²) in [6, 6.07) is 7.84. The van der Waals surface area contributed by atoms with Gasteiger partial charge in [-0.1, -0.05) is 13.8 Å². The summed E-state index contributed by atoms with van der Waals surface area (Å²) in [4.78, 5) is 16.9. The molecule has 0 amide bonds. The molecule has 0 aliphatic carbocycles. The molecule has 1 aliphatic rings. The summed E-state index contributed by atoms with van der Waals surface area (Å²) in [5.41, 5.74) is 1.63. The molecule has 126 valence electrons. The van der Waals surface area contributed by atoms with E-state index in [1.165, 1.54) is 12.8 Å². The van der Waals surface area contributed by atoms with E-state index in [0.29, 0.717) is 11.6 Å². The molecule has 4 nitrogen and oxygen atoms in total. The lowest BCUT2D eigenvalue weighted by molar-refractivity contribution is 0.101. The third-order valence-corrected chi connectivity index (χ3v) is 4.30. The molecule has 1 aromatic carbocycles. The number of hydrogen-bond acceptors (Lipinski definition) is 3. The number of ether oxygens (including phenoxy) is 1. The quantitative estimate of drug-likeness (QED) is 0.863. The number of nitrogens with one attached hydrogen (secondary N) is 1. The fourth-order valence-electron chi connectivity index (χ4n) is 2.83. The zero-order valence-corrected chi connectivity index (χ0v) is 14.7. The Morgan fingerprint density at radius 3 is 2.61 bits per heavy atom. The number of aromatic amines is 1. The smallest absolute Gasteiger partial charge is 0.175 e. The first-order chi connectivity index (χ1) is 11.1. The number of benzene rings is 1. The van der Waals surface area contributed by atoms with Gasteiger partial charge in [0.25, 0.3) is 0 Å². The zero-order valence-electron chi connectivity index (χ0n) is 14.7. The first kappa shape index (κ1) is 17.5. The number of aromatic nitrogens is 1. The number of rotatable bonds is 4. The molecule has 1 aliphatic heterocycles. The molecule has 0 radical (unpaired) electrons. The molecule has 0 atom stereocenters. The highest BCUT2D eigenvalue weighted by atomic mass is 16.5. The molecule has 3 rings (SSSR count). The summed E-state index contributed by atoms with van der Waals surface area (Å²) < 4.78 is 5.94. The Hall–Kier alpha value is -1.81. The second kappa shape index (κ2) is 8.16. The van der Waals surface area contributed by atoms with E-state index in [1.807, 2.05) is 38.1 Å². The predicted molar refractivity (Wildman–Crippen MR) is 95.4 cm³/mol. The molecule has 1 saturated heterocycles. The minimum atomic E-state index is 0.0555. The van der Waals surface area contributed by atoms with Crippen molar-refractivity contribution in [3.8, 4) is 5.75 Å². The lowest BCUT2D eigenvalue weighted by atomic mass is 9.98. The van der Waals surface area contributed by atoms with Crippen LogP contribution in [-0.4, -0.2) is 42.4 Å². The van der Waals surface area contributed by atoms with Gasteiger partial charge in [-0.2, -0.15) is 0 Å². The van der Waals surface area contributed by atoms with E-state index in [1.54, 1.807) is 6.92 Å². The van der Waals surface area contributed by atoms with E-state index in [-0.39, 0.29) is 5.78 Å². The molecule has 1 N–H and O–H groups in total. The molecular formula is C19H28N2O2. The van der Waals surface area contributed by atoms with Gasteiger partial charge in [0.05, 0.1) is 12.3 Å². The molecule has 23 heavy (non-hydrogen) atoms. The highest BCUT2D eigenvalue weighted by Crippen LogP contribution is 2.23. The van der Waals surface area contributed by atoms with E-state index in [0.717, 1.165) is 36.3 Å². The molecule has 2 heterocycles. The molecule has 0 bridgehead atoms. The molecule has 2 aromatic rings. The topological polar surface area (TPSA) is 45.3 Å². The van der Waals surface area contributed by atoms with Crippen molar-refractivity contribution >= 4 is 16.7 Å². The van der Waals surface area contributed by atoms with Gasteiger partial charge in [-0.15, -0.1) is 0 Å². The number of piperidine rings is 1. The summed E-state index contributed by atoms with van der Waals surface area (Å²) >= 11 is 0. The monoisotopic (exact) mass is 316 g/mol. The SMILES string of the molecule is CC.CC(=O)c1cc2cc(OCC3CCN(C)CC3)ccc2[nH]1. The van der Waals surface area contributed by atoms with Crippen molar-refractivity contribution in [2.24, 2.45) is 5.92 Å². The van der Waals surface area contributed by atoms with Crippen LogP contribution in [0.1, 0.15) is 44.1 Å². The van der Waals surface area contributed by atoms with Crippen molar-refractivity contribution in [3.05, 3.63) is 30.0 Å². The molecule has 1 aromatic heterocycles.